The lowest BCUT2D eigenvalue weighted by Gasteiger charge is -2.37. The number of nitrogens with zero attached hydrogens (tertiary/aromatic N) is 1. The van der Waals surface area contributed by atoms with Gasteiger partial charge in [0, 0.05) is 16.1 Å². The monoisotopic (exact) mass is 465 g/mol. The molecule has 0 radical (unpaired) electrons. The van der Waals surface area contributed by atoms with Crippen molar-refractivity contribution >= 4 is 23.2 Å². The van der Waals surface area contributed by atoms with Crippen LogP contribution in [-0.4, -0.2) is 18.3 Å². The molecule has 1 unspecified atom stereocenters. The van der Waals surface area contributed by atoms with Crippen LogP contribution in [0.3, 0.4) is 0 Å². The predicted octanol–water partition coefficient (Wildman–Crippen LogP) is 7.46. The van der Waals surface area contributed by atoms with Gasteiger partial charge in [-0.3, -0.25) is 0 Å². The quantitative estimate of drug-likeness (QED) is 0.431. The van der Waals surface area contributed by atoms with Gasteiger partial charge in [-0.2, -0.15) is 40.4 Å². The van der Waals surface area contributed by atoms with E-state index in [2.05, 4.69) is 0 Å². The minimum Gasteiger partial charge on any atom is -0.221 e. The lowest BCUT2D eigenvalue weighted by atomic mass is 9.82. The Morgan fingerprint density at radius 2 is 1.28 bits per heavy atom. The largest absolute Gasteiger partial charge is 0.457 e. The molecule has 29 heavy (non-hydrogen) atoms. The standard InChI is InChI=1S/C17H6Cl2F9N/c18-10-5-11(14(20,16(23,24)25)15(21,22)17(26,27)28)13(12(19)6-10)9-3-1-8(7-29)2-4-9/h1-6H. The number of alkyl halides is 9. The average molecular weight is 466 g/mol. The molecule has 0 N–H and O–H groups in total. The van der Waals surface area contributed by atoms with Crippen molar-refractivity contribution in [2.24, 2.45) is 0 Å². The second kappa shape index (κ2) is 7.29. The molecule has 1 atom stereocenters. The molecule has 0 saturated heterocycles. The Morgan fingerprint density at radius 3 is 1.69 bits per heavy atom. The Hall–Kier alpha value is -2.12. The van der Waals surface area contributed by atoms with Crippen LogP contribution in [-0.2, 0) is 5.67 Å². The van der Waals surface area contributed by atoms with E-state index in [0.717, 1.165) is 30.3 Å². The summed E-state index contributed by atoms with van der Waals surface area (Å²) in [5, 5.41) is 7.15. The lowest BCUT2D eigenvalue weighted by Crippen LogP contribution is -2.60. The van der Waals surface area contributed by atoms with Crippen molar-refractivity contribution < 1.29 is 39.5 Å². The van der Waals surface area contributed by atoms with E-state index in [9.17, 15) is 39.5 Å². The van der Waals surface area contributed by atoms with E-state index in [1.807, 2.05) is 0 Å². The molecule has 12 heteroatoms. The summed E-state index contributed by atoms with van der Waals surface area (Å²) < 4.78 is 121. The molecule has 0 aliphatic carbocycles. The van der Waals surface area contributed by atoms with Gasteiger partial charge in [-0.1, -0.05) is 35.3 Å². The summed E-state index contributed by atoms with van der Waals surface area (Å²) in [6, 6.07) is 6.31. The van der Waals surface area contributed by atoms with E-state index in [1.54, 1.807) is 6.07 Å². The van der Waals surface area contributed by atoms with Crippen LogP contribution >= 0.6 is 23.2 Å². The minimum absolute atomic E-state index is 0.00805. The fourth-order valence-corrected chi connectivity index (χ4v) is 3.15. The van der Waals surface area contributed by atoms with Gasteiger partial charge in [0.25, 0.3) is 0 Å². The number of hydrogen-bond acceptors (Lipinski definition) is 1. The highest BCUT2D eigenvalue weighted by molar-refractivity contribution is 6.36. The third-order valence-corrected chi connectivity index (χ3v) is 4.42. The SMILES string of the molecule is N#Cc1ccc(-c2c(Cl)cc(Cl)cc2C(F)(C(F)(F)F)C(F)(F)C(F)(F)F)cc1. The van der Waals surface area contributed by atoms with Gasteiger partial charge in [-0.25, -0.2) is 4.39 Å². The fourth-order valence-electron chi connectivity index (χ4n) is 2.55. The van der Waals surface area contributed by atoms with Crippen molar-refractivity contribution in [1.29, 1.82) is 5.26 Å². The highest BCUT2D eigenvalue weighted by atomic mass is 35.5. The summed E-state index contributed by atoms with van der Waals surface area (Å²) in [5.41, 5.74) is -9.86. The molecular formula is C17H6Cl2F9N. The molecule has 0 saturated carbocycles. The third-order valence-electron chi connectivity index (χ3n) is 3.91. The maximum absolute atomic E-state index is 15.0. The molecule has 0 heterocycles. The van der Waals surface area contributed by atoms with Gasteiger partial charge >= 0.3 is 23.9 Å². The van der Waals surface area contributed by atoms with Gasteiger partial charge in [0.15, 0.2) is 0 Å². The summed E-state index contributed by atoms with van der Waals surface area (Å²) in [5.74, 6) is -6.88. The zero-order valence-corrected chi connectivity index (χ0v) is 15.1. The van der Waals surface area contributed by atoms with E-state index in [0.29, 0.717) is 0 Å². The summed E-state index contributed by atoms with van der Waals surface area (Å²) in [7, 11) is 0. The van der Waals surface area contributed by atoms with Crippen molar-refractivity contribution in [2.45, 2.75) is 23.9 Å². The Kier molecular flexibility index (Phi) is 5.82. The van der Waals surface area contributed by atoms with Crippen LogP contribution < -0.4 is 0 Å². The van der Waals surface area contributed by atoms with Crippen molar-refractivity contribution in [3.05, 3.63) is 57.6 Å². The molecule has 0 bridgehead atoms. The van der Waals surface area contributed by atoms with Gasteiger partial charge in [0.1, 0.15) is 0 Å². The second-order valence-electron chi connectivity index (χ2n) is 5.73. The molecule has 156 valence electrons. The first-order valence-electron chi connectivity index (χ1n) is 7.28. The average Bonchev–Trinajstić information content (AvgIpc) is 2.58. The predicted molar refractivity (Wildman–Crippen MR) is 86.5 cm³/mol. The molecule has 0 aliphatic heterocycles. The number of hydrogen-bond donors (Lipinski definition) is 0. The van der Waals surface area contributed by atoms with E-state index in [4.69, 9.17) is 28.5 Å². The Morgan fingerprint density at radius 1 is 0.759 bits per heavy atom. The maximum Gasteiger partial charge on any atom is 0.457 e. The van der Waals surface area contributed by atoms with Crippen LogP contribution in [0.15, 0.2) is 36.4 Å². The normalized spacial score (nSPS) is 15.0. The number of rotatable bonds is 3. The summed E-state index contributed by atoms with van der Waals surface area (Å²) >= 11 is 11.2. The number of nitriles is 1. The van der Waals surface area contributed by atoms with Crippen molar-refractivity contribution in [3.8, 4) is 17.2 Å². The highest BCUT2D eigenvalue weighted by Gasteiger charge is 2.82. The molecule has 0 amide bonds. The second-order valence-corrected chi connectivity index (χ2v) is 6.57. The molecule has 0 aliphatic rings. The highest BCUT2D eigenvalue weighted by Crippen LogP contribution is 2.60. The van der Waals surface area contributed by atoms with Crippen LogP contribution in [0.2, 0.25) is 10.0 Å². The molecule has 2 rings (SSSR count). The first-order valence-corrected chi connectivity index (χ1v) is 8.03. The minimum atomic E-state index is -6.89. The number of benzene rings is 2. The molecule has 0 spiro atoms. The van der Waals surface area contributed by atoms with Crippen LogP contribution in [0.1, 0.15) is 11.1 Å². The number of halogens is 11. The first-order chi connectivity index (χ1) is 13.1. The van der Waals surface area contributed by atoms with Crippen molar-refractivity contribution in [2.75, 3.05) is 0 Å². The molecule has 0 fully saturated rings. The molecule has 0 aromatic heterocycles. The molecule has 2 aromatic carbocycles. The van der Waals surface area contributed by atoms with E-state index < -0.39 is 50.7 Å². The summed E-state index contributed by atoms with van der Waals surface area (Å²) in [6.07, 6.45) is -13.6. The molecule has 1 nitrogen and oxygen atoms in total. The van der Waals surface area contributed by atoms with Crippen LogP contribution in [0.25, 0.3) is 11.1 Å². The van der Waals surface area contributed by atoms with E-state index in [1.165, 1.54) is 0 Å². The lowest BCUT2D eigenvalue weighted by molar-refractivity contribution is -0.389. The Balaban J connectivity index is 2.98. The first kappa shape index (κ1) is 23.2. The maximum atomic E-state index is 15.0. The van der Waals surface area contributed by atoms with Gasteiger partial charge in [0.2, 0.25) is 0 Å². The zero-order chi connectivity index (χ0) is 22.4. The van der Waals surface area contributed by atoms with Gasteiger partial charge in [-0.15, -0.1) is 0 Å². The topological polar surface area (TPSA) is 23.8 Å². The smallest absolute Gasteiger partial charge is 0.221 e. The van der Waals surface area contributed by atoms with Crippen LogP contribution in [0, 0.1) is 11.3 Å². The van der Waals surface area contributed by atoms with E-state index >= 15 is 0 Å². The van der Waals surface area contributed by atoms with Crippen molar-refractivity contribution in [3.63, 3.8) is 0 Å². The Bertz CT molecular complexity index is 959. The van der Waals surface area contributed by atoms with E-state index in [-0.39, 0.29) is 11.6 Å². The zero-order valence-electron chi connectivity index (χ0n) is 13.6. The summed E-state index contributed by atoms with van der Waals surface area (Å²) in [6.45, 7) is 0. The molecule has 2 aromatic rings. The Labute approximate surface area is 167 Å². The third kappa shape index (κ3) is 3.73. The van der Waals surface area contributed by atoms with Gasteiger partial charge in [-0.05, 0) is 29.8 Å². The summed E-state index contributed by atoms with van der Waals surface area (Å²) in [4.78, 5) is 0. The van der Waals surface area contributed by atoms with Gasteiger partial charge in [0.05, 0.1) is 16.7 Å². The molecular weight excluding hydrogens is 460 g/mol. The van der Waals surface area contributed by atoms with Crippen molar-refractivity contribution in [1.82, 2.24) is 0 Å². The van der Waals surface area contributed by atoms with Gasteiger partial charge < -0.3 is 0 Å². The van der Waals surface area contributed by atoms with Crippen LogP contribution in [0.5, 0.6) is 0 Å². The fraction of sp³-hybridized carbons (Fsp3) is 0.235. The van der Waals surface area contributed by atoms with Crippen LogP contribution in [0.4, 0.5) is 39.5 Å².